The standard InChI is InChI=1S/C18H25FN2O4.ClH/c1-14(22)21(13-18(23)24)15-5-4-9-20(10-8-15)11-12-25-17-7-3-2-6-16(17)19;/h2-3,6-7,15H,4-5,8-13H2,1H3,(H,23,24);1H. The lowest BCUT2D eigenvalue weighted by molar-refractivity contribution is -0.145. The second-order valence-corrected chi connectivity index (χ2v) is 6.25. The molecular weight excluding hydrogens is 363 g/mol. The van der Waals surface area contributed by atoms with Crippen molar-refractivity contribution in [2.75, 3.05) is 32.8 Å². The van der Waals surface area contributed by atoms with E-state index in [0.717, 1.165) is 32.4 Å². The van der Waals surface area contributed by atoms with Crippen LogP contribution < -0.4 is 4.74 Å². The van der Waals surface area contributed by atoms with Gasteiger partial charge in [-0.1, -0.05) is 12.1 Å². The van der Waals surface area contributed by atoms with E-state index in [-0.39, 0.29) is 42.5 Å². The monoisotopic (exact) mass is 388 g/mol. The fraction of sp³-hybridized carbons (Fsp3) is 0.556. The first-order valence-corrected chi connectivity index (χ1v) is 8.56. The number of halogens is 2. The highest BCUT2D eigenvalue weighted by Gasteiger charge is 2.26. The Bertz CT molecular complexity index is 602. The van der Waals surface area contributed by atoms with E-state index >= 15 is 0 Å². The molecule has 0 aromatic heterocycles. The molecule has 0 aliphatic carbocycles. The minimum Gasteiger partial charge on any atom is -0.489 e. The number of hydrogen-bond donors (Lipinski definition) is 1. The van der Waals surface area contributed by atoms with Gasteiger partial charge < -0.3 is 14.7 Å². The fourth-order valence-corrected chi connectivity index (χ4v) is 3.16. The van der Waals surface area contributed by atoms with Crippen LogP contribution >= 0.6 is 12.4 Å². The van der Waals surface area contributed by atoms with E-state index in [2.05, 4.69) is 4.90 Å². The van der Waals surface area contributed by atoms with Gasteiger partial charge in [0.15, 0.2) is 11.6 Å². The fourth-order valence-electron chi connectivity index (χ4n) is 3.16. The summed E-state index contributed by atoms with van der Waals surface area (Å²) >= 11 is 0. The molecule has 0 radical (unpaired) electrons. The third kappa shape index (κ3) is 6.80. The van der Waals surface area contributed by atoms with Gasteiger partial charge in [0.1, 0.15) is 13.2 Å². The molecule has 26 heavy (non-hydrogen) atoms. The molecule has 0 bridgehead atoms. The molecule has 1 aromatic carbocycles. The van der Waals surface area contributed by atoms with Crippen LogP contribution in [0, 0.1) is 5.82 Å². The summed E-state index contributed by atoms with van der Waals surface area (Å²) in [7, 11) is 0. The zero-order valence-corrected chi connectivity index (χ0v) is 15.7. The SMILES string of the molecule is CC(=O)N(CC(=O)O)C1CCCN(CCOc2ccccc2F)CC1.Cl. The van der Waals surface area contributed by atoms with Crippen molar-refractivity contribution < 1.29 is 23.8 Å². The number of carboxylic acids is 1. The molecule has 1 unspecified atom stereocenters. The Kier molecular flexibility index (Phi) is 9.37. The molecular formula is C18H26ClFN2O4. The maximum absolute atomic E-state index is 13.5. The highest BCUT2D eigenvalue weighted by Crippen LogP contribution is 2.18. The Hall–Kier alpha value is -1.86. The summed E-state index contributed by atoms with van der Waals surface area (Å²) in [4.78, 5) is 26.3. The molecule has 0 spiro atoms. The summed E-state index contributed by atoms with van der Waals surface area (Å²) in [6.45, 7) is 3.83. The van der Waals surface area contributed by atoms with Crippen LogP contribution in [-0.2, 0) is 9.59 Å². The smallest absolute Gasteiger partial charge is 0.323 e. The number of amides is 1. The van der Waals surface area contributed by atoms with Crippen LogP contribution in [0.15, 0.2) is 24.3 Å². The quantitative estimate of drug-likeness (QED) is 0.776. The first-order valence-electron chi connectivity index (χ1n) is 8.56. The molecule has 1 aliphatic rings. The summed E-state index contributed by atoms with van der Waals surface area (Å²) in [6, 6.07) is 6.27. The van der Waals surface area contributed by atoms with Crippen LogP contribution in [0.5, 0.6) is 5.75 Å². The van der Waals surface area contributed by atoms with Crippen molar-refractivity contribution in [3.8, 4) is 5.75 Å². The van der Waals surface area contributed by atoms with Gasteiger partial charge in [-0.25, -0.2) is 4.39 Å². The van der Waals surface area contributed by atoms with Crippen LogP contribution in [0.3, 0.4) is 0 Å². The van der Waals surface area contributed by atoms with Gasteiger partial charge in [-0.15, -0.1) is 12.4 Å². The first kappa shape index (κ1) is 22.2. The van der Waals surface area contributed by atoms with E-state index in [1.54, 1.807) is 18.2 Å². The molecule has 1 atom stereocenters. The van der Waals surface area contributed by atoms with Gasteiger partial charge in [0.05, 0.1) is 0 Å². The number of carbonyl (C=O) groups excluding carboxylic acids is 1. The van der Waals surface area contributed by atoms with Crippen molar-refractivity contribution in [2.24, 2.45) is 0 Å². The van der Waals surface area contributed by atoms with Crippen molar-refractivity contribution in [3.63, 3.8) is 0 Å². The number of likely N-dealkylation sites (tertiary alicyclic amines) is 1. The minimum absolute atomic E-state index is 0. The normalized spacial score (nSPS) is 17.7. The lowest BCUT2D eigenvalue weighted by atomic mass is 10.1. The lowest BCUT2D eigenvalue weighted by Gasteiger charge is -2.29. The maximum Gasteiger partial charge on any atom is 0.323 e. The van der Waals surface area contributed by atoms with E-state index in [4.69, 9.17) is 9.84 Å². The summed E-state index contributed by atoms with van der Waals surface area (Å²) in [5.74, 6) is -1.32. The van der Waals surface area contributed by atoms with Gasteiger partial charge in [0, 0.05) is 26.1 Å². The number of rotatable bonds is 7. The predicted molar refractivity (Wildman–Crippen MR) is 98.2 cm³/mol. The topological polar surface area (TPSA) is 70.1 Å². The third-order valence-electron chi connectivity index (χ3n) is 4.44. The molecule has 2 rings (SSSR count). The molecule has 1 fully saturated rings. The predicted octanol–water partition coefficient (Wildman–Crippen LogP) is 2.41. The molecule has 8 heteroatoms. The lowest BCUT2D eigenvalue weighted by Crippen LogP contribution is -2.42. The van der Waals surface area contributed by atoms with Gasteiger partial charge in [0.2, 0.25) is 5.91 Å². The zero-order valence-electron chi connectivity index (χ0n) is 14.9. The van der Waals surface area contributed by atoms with Gasteiger partial charge >= 0.3 is 5.97 Å². The summed E-state index contributed by atoms with van der Waals surface area (Å²) in [6.07, 6.45) is 2.40. The zero-order chi connectivity index (χ0) is 18.2. The van der Waals surface area contributed by atoms with Crippen molar-refractivity contribution in [2.45, 2.75) is 32.2 Å². The van der Waals surface area contributed by atoms with Gasteiger partial charge in [-0.3, -0.25) is 14.5 Å². The Morgan fingerprint density at radius 2 is 2.04 bits per heavy atom. The number of nitrogens with zero attached hydrogens (tertiary/aromatic N) is 2. The third-order valence-corrected chi connectivity index (χ3v) is 4.44. The molecule has 1 aliphatic heterocycles. The minimum atomic E-state index is -0.991. The van der Waals surface area contributed by atoms with Gasteiger partial charge in [0.25, 0.3) is 0 Å². The molecule has 0 saturated carbocycles. The summed E-state index contributed by atoms with van der Waals surface area (Å²) in [5, 5.41) is 8.98. The molecule has 6 nitrogen and oxygen atoms in total. The Morgan fingerprint density at radius 1 is 1.31 bits per heavy atom. The van der Waals surface area contributed by atoms with Crippen LogP contribution in [0.1, 0.15) is 26.2 Å². The summed E-state index contributed by atoms with van der Waals surface area (Å²) in [5.41, 5.74) is 0. The number of ether oxygens (including phenoxy) is 1. The highest BCUT2D eigenvalue weighted by molar-refractivity contribution is 5.85. The molecule has 1 saturated heterocycles. The molecule has 1 amide bonds. The number of para-hydroxylation sites is 1. The summed E-state index contributed by atoms with van der Waals surface area (Å²) < 4.78 is 19.0. The van der Waals surface area contributed by atoms with Crippen molar-refractivity contribution in [3.05, 3.63) is 30.1 Å². The van der Waals surface area contributed by atoms with Crippen LogP contribution in [-0.4, -0.2) is 65.6 Å². The van der Waals surface area contributed by atoms with Gasteiger partial charge in [-0.05, 0) is 37.9 Å². The molecule has 146 valence electrons. The maximum atomic E-state index is 13.5. The average Bonchev–Trinajstić information content (AvgIpc) is 2.79. The van der Waals surface area contributed by atoms with E-state index in [0.29, 0.717) is 13.2 Å². The molecule has 1 aromatic rings. The Morgan fingerprint density at radius 3 is 2.69 bits per heavy atom. The second kappa shape index (κ2) is 11.0. The Balaban J connectivity index is 0.00000338. The average molecular weight is 389 g/mol. The van der Waals surface area contributed by atoms with Crippen LogP contribution in [0.25, 0.3) is 0 Å². The highest BCUT2D eigenvalue weighted by atomic mass is 35.5. The molecule has 1 heterocycles. The van der Waals surface area contributed by atoms with Crippen molar-refractivity contribution in [1.29, 1.82) is 0 Å². The number of carbonyl (C=O) groups is 2. The van der Waals surface area contributed by atoms with Crippen LogP contribution in [0.4, 0.5) is 4.39 Å². The van der Waals surface area contributed by atoms with Crippen molar-refractivity contribution in [1.82, 2.24) is 9.80 Å². The number of benzene rings is 1. The second-order valence-electron chi connectivity index (χ2n) is 6.25. The van der Waals surface area contributed by atoms with Crippen LogP contribution in [0.2, 0.25) is 0 Å². The van der Waals surface area contributed by atoms with E-state index in [1.807, 2.05) is 0 Å². The number of aliphatic carboxylic acids is 1. The molecule has 1 N–H and O–H groups in total. The van der Waals surface area contributed by atoms with E-state index in [9.17, 15) is 14.0 Å². The van der Waals surface area contributed by atoms with E-state index in [1.165, 1.54) is 17.9 Å². The number of hydrogen-bond acceptors (Lipinski definition) is 4. The number of carboxylic acid groups (broad SMARTS) is 1. The van der Waals surface area contributed by atoms with Gasteiger partial charge in [-0.2, -0.15) is 0 Å². The first-order chi connectivity index (χ1) is 12.0. The van der Waals surface area contributed by atoms with Crippen molar-refractivity contribution >= 4 is 24.3 Å². The van der Waals surface area contributed by atoms with E-state index < -0.39 is 5.97 Å². The Labute approximate surface area is 159 Å². The largest absolute Gasteiger partial charge is 0.489 e.